The Morgan fingerprint density at radius 3 is 2.24 bits per heavy atom. The van der Waals surface area contributed by atoms with Crippen LogP contribution in [0.2, 0.25) is 0 Å². The Kier molecular flexibility index (Phi) is 4.50. The van der Waals surface area contributed by atoms with E-state index in [9.17, 15) is 4.79 Å². The van der Waals surface area contributed by atoms with Gasteiger partial charge in [0.15, 0.2) is 0 Å². The summed E-state index contributed by atoms with van der Waals surface area (Å²) in [6, 6.07) is 7.26. The molecule has 0 N–H and O–H groups in total. The zero-order valence-corrected chi connectivity index (χ0v) is 10.8. The Bertz CT molecular complexity index is 386. The van der Waals surface area contributed by atoms with Gasteiger partial charge in [0.05, 0.1) is 5.56 Å². The standard InChI is InChI=1S/C15H20O2/c1-5-12-8-10-13(11-9-12)14(16)17-15(4,6-2)7-3/h5,8-11H,1,6-7H2,2-4H3. The molecule has 1 aromatic rings. The molecular weight excluding hydrogens is 212 g/mol. The Morgan fingerprint density at radius 2 is 1.82 bits per heavy atom. The maximum atomic E-state index is 11.9. The van der Waals surface area contributed by atoms with E-state index in [1.807, 2.05) is 32.9 Å². The van der Waals surface area contributed by atoms with Gasteiger partial charge in [-0.15, -0.1) is 0 Å². The van der Waals surface area contributed by atoms with Crippen LogP contribution >= 0.6 is 0 Å². The summed E-state index contributed by atoms with van der Waals surface area (Å²) < 4.78 is 5.53. The lowest BCUT2D eigenvalue weighted by molar-refractivity contribution is -0.0130. The molecule has 0 radical (unpaired) electrons. The van der Waals surface area contributed by atoms with E-state index >= 15 is 0 Å². The number of benzene rings is 1. The van der Waals surface area contributed by atoms with Gasteiger partial charge in [0, 0.05) is 0 Å². The van der Waals surface area contributed by atoms with Gasteiger partial charge in [0.2, 0.25) is 0 Å². The van der Waals surface area contributed by atoms with Gasteiger partial charge in [0.25, 0.3) is 0 Å². The van der Waals surface area contributed by atoms with Crippen LogP contribution in [0.3, 0.4) is 0 Å². The number of ether oxygens (including phenoxy) is 1. The Labute approximate surface area is 103 Å². The first kappa shape index (κ1) is 13.5. The van der Waals surface area contributed by atoms with E-state index in [1.165, 1.54) is 0 Å². The molecule has 2 heteroatoms. The summed E-state index contributed by atoms with van der Waals surface area (Å²) in [5.41, 5.74) is 1.22. The van der Waals surface area contributed by atoms with Crippen LogP contribution in [0.4, 0.5) is 0 Å². The molecule has 0 amide bonds. The van der Waals surface area contributed by atoms with Crippen molar-refractivity contribution in [3.05, 3.63) is 42.0 Å². The van der Waals surface area contributed by atoms with E-state index in [1.54, 1.807) is 18.2 Å². The maximum Gasteiger partial charge on any atom is 0.338 e. The van der Waals surface area contributed by atoms with Crippen LogP contribution in [0, 0.1) is 0 Å². The molecule has 0 spiro atoms. The molecule has 0 saturated carbocycles. The lowest BCUT2D eigenvalue weighted by Crippen LogP contribution is -2.30. The Morgan fingerprint density at radius 1 is 1.29 bits per heavy atom. The molecule has 17 heavy (non-hydrogen) atoms. The third kappa shape index (κ3) is 3.45. The summed E-state index contributed by atoms with van der Waals surface area (Å²) in [6.07, 6.45) is 3.39. The molecule has 0 atom stereocenters. The van der Waals surface area contributed by atoms with Crippen LogP contribution in [0.5, 0.6) is 0 Å². The van der Waals surface area contributed by atoms with Crippen LogP contribution in [-0.4, -0.2) is 11.6 Å². The van der Waals surface area contributed by atoms with Crippen molar-refractivity contribution in [3.63, 3.8) is 0 Å². The number of carbonyl (C=O) groups excluding carboxylic acids is 1. The van der Waals surface area contributed by atoms with Gasteiger partial charge in [-0.2, -0.15) is 0 Å². The number of carbonyl (C=O) groups is 1. The lowest BCUT2D eigenvalue weighted by atomic mass is 10.00. The van der Waals surface area contributed by atoms with Gasteiger partial charge in [-0.3, -0.25) is 0 Å². The fourth-order valence-corrected chi connectivity index (χ4v) is 1.43. The summed E-state index contributed by atoms with van der Waals surface area (Å²) in [7, 11) is 0. The van der Waals surface area contributed by atoms with Crippen LogP contribution in [0.15, 0.2) is 30.8 Å². The van der Waals surface area contributed by atoms with E-state index in [0.717, 1.165) is 18.4 Å². The molecule has 1 aromatic carbocycles. The van der Waals surface area contributed by atoms with Crippen LogP contribution in [-0.2, 0) is 4.74 Å². The second-order valence-electron chi connectivity index (χ2n) is 4.37. The molecule has 0 aromatic heterocycles. The predicted octanol–water partition coefficient (Wildman–Crippen LogP) is 4.07. The van der Waals surface area contributed by atoms with Crippen molar-refractivity contribution >= 4 is 12.0 Å². The number of esters is 1. The molecule has 0 aliphatic rings. The highest BCUT2D eigenvalue weighted by atomic mass is 16.6. The Hall–Kier alpha value is -1.57. The highest BCUT2D eigenvalue weighted by Gasteiger charge is 2.24. The minimum Gasteiger partial charge on any atom is -0.456 e. The number of rotatable bonds is 5. The van der Waals surface area contributed by atoms with Crippen molar-refractivity contribution in [2.24, 2.45) is 0 Å². The number of hydrogen-bond donors (Lipinski definition) is 0. The van der Waals surface area contributed by atoms with Gasteiger partial charge in [-0.25, -0.2) is 4.79 Å². The minimum atomic E-state index is -0.367. The van der Waals surface area contributed by atoms with Crippen molar-refractivity contribution in [2.45, 2.75) is 39.2 Å². The van der Waals surface area contributed by atoms with E-state index in [0.29, 0.717) is 5.56 Å². The first-order valence-corrected chi connectivity index (χ1v) is 6.00. The molecule has 0 aliphatic carbocycles. The van der Waals surface area contributed by atoms with Gasteiger partial charge < -0.3 is 4.74 Å². The molecule has 1 rings (SSSR count). The SMILES string of the molecule is C=Cc1ccc(C(=O)OC(C)(CC)CC)cc1. The fraction of sp³-hybridized carbons (Fsp3) is 0.400. The van der Waals surface area contributed by atoms with Crippen molar-refractivity contribution < 1.29 is 9.53 Å². The van der Waals surface area contributed by atoms with Crippen LogP contribution in [0.1, 0.15) is 49.5 Å². The molecular formula is C15H20O2. The van der Waals surface area contributed by atoms with Crippen molar-refractivity contribution in [1.82, 2.24) is 0 Å². The third-order valence-corrected chi connectivity index (χ3v) is 3.22. The van der Waals surface area contributed by atoms with E-state index in [-0.39, 0.29) is 11.6 Å². The lowest BCUT2D eigenvalue weighted by Gasteiger charge is -2.26. The molecule has 0 aliphatic heterocycles. The molecule has 0 heterocycles. The topological polar surface area (TPSA) is 26.3 Å². The molecule has 0 fully saturated rings. The molecule has 0 saturated heterocycles. The average molecular weight is 232 g/mol. The highest BCUT2D eigenvalue weighted by molar-refractivity contribution is 5.89. The van der Waals surface area contributed by atoms with E-state index < -0.39 is 0 Å². The average Bonchev–Trinajstić information content (AvgIpc) is 2.38. The second-order valence-corrected chi connectivity index (χ2v) is 4.37. The largest absolute Gasteiger partial charge is 0.456 e. The van der Waals surface area contributed by atoms with E-state index in [4.69, 9.17) is 4.74 Å². The van der Waals surface area contributed by atoms with Crippen molar-refractivity contribution in [3.8, 4) is 0 Å². The monoisotopic (exact) mass is 232 g/mol. The van der Waals surface area contributed by atoms with Gasteiger partial charge in [-0.1, -0.05) is 38.6 Å². The third-order valence-electron chi connectivity index (χ3n) is 3.22. The predicted molar refractivity (Wildman–Crippen MR) is 70.9 cm³/mol. The number of hydrogen-bond acceptors (Lipinski definition) is 2. The van der Waals surface area contributed by atoms with Crippen LogP contribution < -0.4 is 0 Å². The van der Waals surface area contributed by atoms with Gasteiger partial charge in [0.1, 0.15) is 5.60 Å². The van der Waals surface area contributed by atoms with E-state index in [2.05, 4.69) is 6.58 Å². The smallest absolute Gasteiger partial charge is 0.338 e. The molecule has 92 valence electrons. The molecule has 0 bridgehead atoms. The van der Waals surface area contributed by atoms with Gasteiger partial charge in [-0.05, 0) is 37.5 Å². The van der Waals surface area contributed by atoms with Crippen molar-refractivity contribution in [1.29, 1.82) is 0 Å². The molecule has 0 unspecified atom stereocenters. The normalized spacial score (nSPS) is 11.0. The van der Waals surface area contributed by atoms with Gasteiger partial charge >= 0.3 is 5.97 Å². The molecule has 2 nitrogen and oxygen atoms in total. The zero-order chi connectivity index (χ0) is 12.9. The van der Waals surface area contributed by atoms with Crippen LogP contribution in [0.25, 0.3) is 6.08 Å². The maximum absolute atomic E-state index is 11.9. The minimum absolute atomic E-state index is 0.258. The first-order chi connectivity index (χ1) is 8.04. The zero-order valence-electron chi connectivity index (χ0n) is 10.8. The summed E-state index contributed by atoms with van der Waals surface area (Å²) in [5.74, 6) is -0.258. The summed E-state index contributed by atoms with van der Waals surface area (Å²) in [6.45, 7) is 9.69. The van der Waals surface area contributed by atoms with Crippen molar-refractivity contribution in [2.75, 3.05) is 0 Å². The summed E-state index contributed by atoms with van der Waals surface area (Å²) in [4.78, 5) is 11.9. The highest BCUT2D eigenvalue weighted by Crippen LogP contribution is 2.21. The summed E-state index contributed by atoms with van der Waals surface area (Å²) >= 11 is 0. The second kappa shape index (κ2) is 5.67. The quantitative estimate of drug-likeness (QED) is 0.715. The summed E-state index contributed by atoms with van der Waals surface area (Å²) in [5, 5.41) is 0. The Balaban J connectivity index is 2.79. The fourth-order valence-electron chi connectivity index (χ4n) is 1.43. The first-order valence-electron chi connectivity index (χ1n) is 6.00.